The Labute approximate surface area is 115 Å². The van der Waals surface area contributed by atoms with E-state index in [1.54, 1.807) is 29.9 Å². The fourth-order valence-corrected chi connectivity index (χ4v) is 1.93. The molecule has 0 radical (unpaired) electrons. The van der Waals surface area contributed by atoms with E-state index in [2.05, 4.69) is 15.1 Å². The molecular weight excluding hydrogens is 258 g/mol. The smallest absolute Gasteiger partial charge is 0.338 e. The second-order valence-electron chi connectivity index (χ2n) is 4.37. The number of fused-ring (bicyclic) bond motifs is 1. The maximum Gasteiger partial charge on any atom is 0.338 e. The van der Waals surface area contributed by atoms with Gasteiger partial charge in [0.25, 0.3) is 0 Å². The molecule has 0 amide bonds. The molecule has 2 aromatic rings. The van der Waals surface area contributed by atoms with Crippen molar-refractivity contribution in [3.63, 3.8) is 0 Å². The maximum absolute atomic E-state index is 11.7. The molecule has 2 rings (SSSR count). The molecule has 1 heterocycles. The Hall–Kier alpha value is -2.53. The number of esters is 1. The SMILES string of the molecule is CCOC(=O)c1ccc2cnn(CC(C)N=[N+]=[N-])c2c1. The van der Waals surface area contributed by atoms with E-state index in [0.717, 1.165) is 10.9 Å². The molecular formula is C13H15N5O2. The Kier molecular flexibility index (Phi) is 4.22. The van der Waals surface area contributed by atoms with E-state index in [9.17, 15) is 4.79 Å². The summed E-state index contributed by atoms with van der Waals surface area (Å²) < 4.78 is 6.70. The molecule has 7 heteroatoms. The van der Waals surface area contributed by atoms with Gasteiger partial charge in [0.2, 0.25) is 0 Å². The van der Waals surface area contributed by atoms with Crippen molar-refractivity contribution in [3.8, 4) is 0 Å². The molecule has 1 unspecified atom stereocenters. The molecule has 0 bridgehead atoms. The van der Waals surface area contributed by atoms with Gasteiger partial charge in [-0.25, -0.2) is 4.79 Å². The second kappa shape index (κ2) is 6.08. The molecule has 1 atom stereocenters. The van der Waals surface area contributed by atoms with Crippen molar-refractivity contribution in [2.24, 2.45) is 5.11 Å². The minimum absolute atomic E-state index is 0.214. The van der Waals surface area contributed by atoms with Gasteiger partial charge >= 0.3 is 5.97 Å². The minimum Gasteiger partial charge on any atom is -0.462 e. The van der Waals surface area contributed by atoms with Crippen LogP contribution in [0.1, 0.15) is 24.2 Å². The lowest BCUT2D eigenvalue weighted by atomic mass is 10.1. The summed E-state index contributed by atoms with van der Waals surface area (Å²) in [5, 5.41) is 8.79. The molecule has 104 valence electrons. The lowest BCUT2D eigenvalue weighted by Gasteiger charge is -2.07. The van der Waals surface area contributed by atoms with Crippen molar-refractivity contribution in [2.45, 2.75) is 26.4 Å². The first-order valence-corrected chi connectivity index (χ1v) is 6.32. The van der Waals surface area contributed by atoms with Gasteiger partial charge in [-0.05, 0) is 24.6 Å². The van der Waals surface area contributed by atoms with Gasteiger partial charge in [0.1, 0.15) is 0 Å². The number of carbonyl (C=O) groups excluding carboxylic acids is 1. The van der Waals surface area contributed by atoms with Gasteiger partial charge in [0.15, 0.2) is 0 Å². The van der Waals surface area contributed by atoms with Crippen molar-refractivity contribution in [2.75, 3.05) is 6.61 Å². The summed E-state index contributed by atoms with van der Waals surface area (Å²) in [6, 6.07) is 5.06. The Morgan fingerprint density at radius 1 is 1.60 bits per heavy atom. The summed E-state index contributed by atoms with van der Waals surface area (Å²) in [7, 11) is 0. The molecule has 0 aliphatic rings. The van der Waals surface area contributed by atoms with Crippen LogP contribution in [0.3, 0.4) is 0 Å². The quantitative estimate of drug-likeness (QED) is 0.363. The summed E-state index contributed by atoms with van der Waals surface area (Å²) in [4.78, 5) is 14.5. The summed E-state index contributed by atoms with van der Waals surface area (Å²) in [6.07, 6.45) is 1.72. The van der Waals surface area contributed by atoms with Gasteiger partial charge in [-0.1, -0.05) is 18.1 Å². The summed E-state index contributed by atoms with van der Waals surface area (Å²) in [5.74, 6) is -0.356. The van der Waals surface area contributed by atoms with Crippen LogP contribution in [0.2, 0.25) is 0 Å². The highest BCUT2D eigenvalue weighted by molar-refractivity contribution is 5.94. The summed E-state index contributed by atoms with van der Waals surface area (Å²) in [5.41, 5.74) is 9.72. The molecule has 0 aliphatic heterocycles. The number of azide groups is 1. The molecule has 0 saturated heterocycles. The fourth-order valence-electron chi connectivity index (χ4n) is 1.93. The molecule has 1 aromatic carbocycles. The first-order chi connectivity index (χ1) is 9.65. The van der Waals surface area contributed by atoms with E-state index >= 15 is 0 Å². The van der Waals surface area contributed by atoms with Gasteiger partial charge in [0, 0.05) is 16.8 Å². The van der Waals surface area contributed by atoms with Gasteiger partial charge in [-0.15, -0.1) is 0 Å². The number of benzene rings is 1. The molecule has 0 N–H and O–H groups in total. The third-order valence-electron chi connectivity index (χ3n) is 2.84. The molecule has 0 fully saturated rings. The van der Waals surface area contributed by atoms with E-state index < -0.39 is 0 Å². The number of rotatable bonds is 5. The number of nitrogens with zero attached hydrogens (tertiary/aromatic N) is 5. The van der Waals surface area contributed by atoms with Crippen LogP contribution in [0.5, 0.6) is 0 Å². The zero-order valence-corrected chi connectivity index (χ0v) is 11.4. The van der Waals surface area contributed by atoms with Crippen LogP contribution in [-0.2, 0) is 11.3 Å². The highest BCUT2D eigenvalue weighted by Gasteiger charge is 2.11. The molecule has 0 saturated carbocycles. The Bertz CT molecular complexity index is 672. The van der Waals surface area contributed by atoms with Crippen molar-refractivity contribution < 1.29 is 9.53 Å². The monoisotopic (exact) mass is 273 g/mol. The van der Waals surface area contributed by atoms with E-state index in [0.29, 0.717) is 18.7 Å². The number of hydrogen-bond acceptors (Lipinski definition) is 4. The van der Waals surface area contributed by atoms with Gasteiger partial charge < -0.3 is 4.74 Å². The normalized spacial score (nSPS) is 11.9. The zero-order chi connectivity index (χ0) is 14.5. The topological polar surface area (TPSA) is 92.9 Å². The Morgan fingerprint density at radius 3 is 3.10 bits per heavy atom. The zero-order valence-electron chi connectivity index (χ0n) is 11.4. The molecule has 7 nitrogen and oxygen atoms in total. The molecule has 20 heavy (non-hydrogen) atoms. The predicted octanol–water partition coefficient (Wildman–Crippen LogP) is 2.91. The third kappa shape index (κ3) is 2.89. The minimum atomic E-state index is -0.356. The standard InChI is InChI=1S/C13H15N5O2/c1-3-20-13(19)10-4-5-11-7-15-18(12(11)6-10)8-9(2)16-17-14/h4-7,9H,3,8H2,1-2H3. The lowest BCUT2D eigenvalue weighted by Crippen LogP contribution is -2.11. The summed E-state index contributed by atoms with van der Waals surface area (Å²) in [6.45, 7) is 4.37. The lowest BCUT2D eigenvalue weighted by molar-refractivity contribution is 0.0526. The van der Waals surface area contributed by atoms with E-state index in [4.69, 9.17) is 10.3 Å². The van der Waals surface area contributed by atoms with Crippen LogP contribution < -0.4 is 0 Å². The average Bonchev–Trinajstić information content (AvgIpc) is 2.82. The number of carbonyl (C=O) groups is 1. The number of ether oxygens (including phenoxy) is 1. The van der Waals surface area contributed by atoms with Crippen LogP contribution in [0.25, 0.3) is 21.3 Å². The van der Waals surface area contributed by atoms with Crippen LogP contribution in [0, 0.1) is 0 Å². The maximum atomic E-state index is 11.7. The van der Waals surface area contributed by atoms with Crippen LogP contribution in [-0.4, -0.2) is 28.4 Å². The average molecular weight is 273 g/mol. The van der Waals surface area contributed by atoms with Crippen molar-refractivity contribution in [1.82, 2.24) is 9.78 Å². The Balaban J connectivity index is 2.34. The number of hydrogen-bond donors (Lipinski definition) is 0. The fraction of sp³-hybridized carbons (Fsp3) is 0.385. The van der Waals surface area contributed by atoms with E-state index in [1.165, 1.54) is 0 Å². The van der Waals surface area contributed by atoms with Crippen molar-refractivity contribution in [3.05, 3.63) is 40.4 Å². The van der Waals surface area contributed by atoms with Crippen molar-refractivity contribution in [1.29, 1.82) is 0 Å². The predicted molar refractivity (Wildman–Crippen MR) is 74.3 cm³/mol. The molecule has 0 spiro atoms. The van der Waals surface area contributed by atoms with Crippen molar-refractivity contribution >= 4 is 16.9 Å². The highest BCUT2D eigenvalue weighted by atomic mass is 16.5. The van der Waals surface area contributed by atoms with Crippen LogP contribution >= 0.6 is 0 Å². The van der Waals surface area contributed by atoms with Crippen LogP contribution in [0.15, 0.2) is 29.5 Å². The highest BCUT2D eigenvalue weighted by Crippen LogP contribution is 2.17. The van der Waals surface area contributed by atoms with E-state index in [-0.39, 0.29) is 12.0 Å². The van der Waals surface area contributed by atoms with Gasteiger partial charge in [-0.2, -0.15) is 5.10 Å². The second-order valence-corrected chi connectivity index (χ2v) is 4.37. The van der Waals surface area contributed by atoms with Crippen LogP contribution in [0.4, 0.5) is 0 Å². The molecule has 0 aliphatic carbocycles. The molecule has 1 aromatic heterocycles. The largest absolute Gasteiger partial charge is 0.462 e. The third-order valence-corrected chi connectivity index (χ3v) is 2.84. The summed E-state index contributed by atoms with van der Waals surface area (Å²) >= 11 is 0. The first kappa shape index (κ1) is 13.9. The van der Waals surface area contributed by atoms with Gasteiger partial charge in [-0.3, -0.25) is 4.68 Å². The number of aromatic nitrogens is 2. The Morgan fingerprint density at radius 2 is 2.40 bits per heavy atom. The van der Waals surface area contributed by atoms with E-state index in [1.807, 2.05) is 13.0 Å². The van der Waals surface area contributed by atoms with Gasteiger partial charge in [0.05, 0.1) is 29.9 Å². The first-order valence-electron chi connectivity index (χ1n) is 6.32.